The number of carbonyl (C=O) groups excluding carboxylic acids is 1. The predicted octanol–water partition coefficient (Wildman–Crippen LogP) is 4.34. The summed E-state index contributed by atoms with van der Waals surface area (Å²) in [5, 5.41) is 0.666. The van der Waals surface area contributed by atoms with Crippen LogP contribution in [0.15, 0.2) is 34.9 Å². The minimum atomic E-state index is -0.191. The van der Waals surface area contributed by atoms with Gasteiger partial charge in [0.05, 0.1) is 35.4 Å². The number of amides is 1. The van der Waals surface area contributed by atoms with Gasteiger partial charge in [0, 0.05) is 17.6 Å². The fraction of sp³-hybridized carbons (Fsp3) is 0.333. The Morgan fingerprint density at radius 2 is 2.20 bits per heavy atom. The van der Waals surface area contributed by atoms with Crippen LogP contribution in [0.3, 0.4) is 0 Å². The summed E-state index contributed by atoms with van der Waals surface area (Å²) >= 11 is 6.96. The molecular weight excluding hydrogens is 452 g/mol. The average molecular weight is 470 g/mol. The normalized spacial score (nSPS) is 15.2. The molecule has 25 heavy (non-hydrogen) atoms. The van der Waals surface area contributed by atoms with E-state index in [9.17, 15) is 4.79 Å². The van der Waals surface area contributed by atoms with E-state index >= 15 is 0 Å². The number of methoxy groups -OCH3 is 1. The van der Waals surface area contributed by atoms with Crippen molar-refractivity contribution in [1.82, 2.24) is 9.88 Å². The first kappa shape index (κ1) is 18.2. The zero-order valence-corrected chi connectivity index (χ0v) is 17.1. The highest BCUT2D eigenvalue weighted by molar-refractivity contribution is 9.10. The third-order valence-electron chi connectivity index (χ3n) is 4.21. The van der Waals surface area contributed by atoms with E-state index in [1.54, 1.807) is 24.3 Å². The smallest absolute Gasteiger partial charge is 0.258 e. The summed E-state index contributed by atoms with van der Waals surface area (Å²) in [6.45, 7) is 2.89. The molecule has 1 aliphatic heterocycles. The zero-order valence-electron chi connectivity index (χ0n) is 14.0. The molecule has 0 radical (unpaired) electrons. The molecule has 2 aromatic rings. The average Bonchev–Trinajstić information content (AvgIpc) is 2.80. The summed E-state index contributed by atoms with van der Waals surface area (Å²) in [5.74, 6) is 1.26. The van der Waals surface area contributed by atoms with E-state index in [0.717, 1.165) is 21.5 Å². The Bertz CT molecular complexity index is 798. The minimum Gasteiger partial charge on any atom is -0.497 e. The van der Waals surface area contributed by atoms with Gasteiger partial charge in [-0.25, -0.2) is 0 Å². The van der Waals surface area contributed by atoms with Crippen molar-refractivity contribution in [3.05, 3.63) is 51.8 Å². The van der Waals surface area contributed by atoms with E-state index in [2.05, 4.69) is 36.8 Å². The fourth-order valence-electron chi connectivity index (χ4n) is 2.85. The molecule has 3 rings (SSSR count). The first-order chi connectivity index (χ1) is 12.0. The Morgan fingerprint density at radius 1 is 1.40 bits per heavy atom. The molecule has 0 spiro atoms. The van der Waals surface area contributed by atoms with Crippen molar-refractivity contribution in [1.29, 1.82) is 0 Å². The third kappa shape index (κ3) is 3.67. The van der Waals surface area contributed by atoms with Gasteiger partial charge >= 0.3 is 0 Å². The third-order valence-corrected chi connectivity index (χ3v) is 5.45. The number of nitrogens with zero attached hydrogens (tertiary/aromatic N) is 2. The van der Waals surface area contributed by atoms with Crippen LogP contribution < -0.4 is 9.47 Å². The van der Waals surface area contributed by atoms with Gasteiger partial charge in [-0.05, 0) is 46.6 Å². The number of fused-ring (bicyclic) bond motifs is 1. The zero-order chi connectivity index (χ0) is 18.0. The molecule has 0 aliphatic carbocycles. The lowest BCUT2D eigenvalue weighted by Gasteiger charge is -2.27. The molecule has 5 nitrogen and oxygen atoms in total. The van der Waals surface area contributed by atoms with Crippen molar-refractivity contribution in [2.75, 3.05) is 20.3 Å². The summed E-state index contributed by atoms with van der Waals surface area (Å²) in [5.41, 5.74) is 2.36. The molecule has 1 aliphatic rings. The molecule has 0 fully saturated rings. The van der Waals surface area contributed by atoms with Crippen molar-refractivity contribution in [3.63, 3.8) is 0 Å². The Balaban J connectivity index is 1.98. The first-order valence-corrected chi connectivity index (χ1v) is 9.78. The molecule has 0 unspecified atom stereocenters. The molecule has 0 bridgehead atoms. The summed E-state index contributed by atoms with van der Waals surface area (Å²) in [6, 6.07) is 7.29. The number of ether oxygens (including phenoxy) is 2. The lowest BCUT2D eigenvalue weighted by Crippen LogP contribution is -2.35. The number of halogens is 2. The summed E-state index contributed by atoms with van der Waals surface area (Å²) in [4.78, 5) is 19.4. The van der Waals surface area contributed by atoms with E-state index in [-0.39, 0.29) is 11.9 Å². The summed E-state index contributed by atoms with van der Waals surface area (Å²) in [6.07, 6.45) is 1.69. The molecule has 7 heteroatoms. The monoisotopic (exact) mass is 468 g/mol. The molecule has 0 saturated carbocycles. The van der Waals surface area contributed by atoms with Gasteiger partial charge in [-0.1, -0.05) is 15.9 Å². The second-order valence-electron chi connectivity index (χ2n) is 5.73. The maximum atomic E-state index is 13.2. The number of rotatable bonds is 4. The van der Waals surface area contributed by atoms with Crippen LogP contribution in [0.4, 0.5) is 0 Å². The van der Waals surface area contributed by atoms with Crippen molar-refractivity contribution in [3.8, 4) is 11.5 Å². The van der Waals surface area contributed by atoms with Crippen LogP contribution in [0.5, 0.6) is 11.5 Å². The first-order valence-electron chi connectivity index (χ1n) is 7.87. The molecule has 0 saturated heterocycles. The number of carbonyl (C=O) groups is 1. The maximum absolute atomic E-state index is 13.2. The van der Waals surface area contributed by atoms with E-state index in [1.807, 2.05) is 25.1 Å². The van der Waals surface area contributed by atoms with Gasteiger partial charge in [0.15, 0.2) is 0 Å². The molecule has 1 atom stereocenters. The number of aromatic nitrogens is 1. The molecule has 2 heterocycles. The van der Waals surface area contributed by atoms with Gasteiger partial charge in [-0.3, -0.25) is 9.78 Å². The highest BCUT2D eigenvalue weighted by Crippen LogP contribution is 2.35. The topological polar surface area (TPSA) is 51.7 Å². The van der Waals surface area contributed by atoms with E-state index in [0.29, 0.717) is 29.8 Å². The van der Waals surface area contributed by atoms with Gasteiger partial charge in [-0.15, -0.1) is 0 Å². The predicted molar refractivity (Wildman–Crippen MR) is 103 cm³/mol. The van der Waals surface area contributed by atoms with Gasteiger partial charge in [0.25, 0.3) is 5.91 Å². The van der Waals surface area contributed by atoms with E-state index in [4.69, 9.17) is 9.47 Å². The summed E-state index contributed by atoms with van der Waals surface area (Å²) < 4.78 is 11.9. The number of hydrogen-bond donors (Lipinski definition) is 0. The lowest BCUT2D eigenvalue weighted by molar-refractivity contribution is 0.0684. The largest absolute Gasteiger partial charge is 0.497 e. The highest BCUT2D eigenvalue weighted by atomic mass is 79.9. The second kappa shape index (κ2) is 7.74. The molecule has 132 valence electrons. The van der Waals surface area contributed by atoms with Crippen LogP contribution in [0.2, 0.25) is 0 Å². The molecule has 1 aromatic heterocycles. The van der Waals surface area contributed by atoms with Crippen LogP contribution >= 0.6 is 31.9 Å². The van der Waals surface area contributed by atoms with Crippen LogP contribution in [0.25, 0.3) is 0 Å². The number of pyridine rings is 1. The van der Waals surface area contributed by atoms with Crippen LogP contribution in [-0.4, -0.2) is 36.1 Å². The molecule has 0 N–H and O–H groups in total. The Morgan fingerprint density at radius 3 is 2.92 bits per heavy atom. The Kier molecular flexibility index (Phi) is 5.64. The van der Waals surface area contributed by atoms with Crippen LogP contribution in [0, 0.1) is 0 Å². The van der Waals surface area contributed by atoms with Crippen molar-refractivity contribution >= 4 is 37.8 Å². The van der Waals surface area contributed by atoms with Crippen LogP contribution in [0.1, 0.15) is 34.6 Å². The van der Waals surface area contributed by atoms with Crippen molar-refractivity contribution in [2.24, 2.45) is 0 Å². The highest BCUT2D eigenvalue weighted by Gasteiger charge is 2.30. The van der Waals surface area contributed by atoms with Gasteiger partial charge in [-0.2, -0.15) is 0 Å². The maximum Gasteiger partial charge on any atom is 0.258 e. The van der Waals surface area contributed by atoms with Crippen LogP contribution in [-0.2, 0) is 5.33 Å². The lowest BCUT2D eigenvalue weighted by atomic mass is 10.1. The standard InChI is InChI=1S/C18H18Br2N2O3/c1-11(16-9-13(24-2)3-4-21-16)22-5-6-25-17-14(18(22)23)7-12(10-19)8-15(17)20/h3-4,7-9,11H,5-6,10H2,1-2H3/t11-/m0/s1. The SMILES string of the molecule is COc1ccnc([C@H](C)N2CCOc3c(Br)cc(CBr)cc3C2=O)c1. The van der Waals surface area contributed by atoms with Gasteiger partial charge in [0.1, 0.15) is 18.1 Å². The molecular formula is C18H18Br2N2O3. The van der Waals surface area contributed by atoms with Gasteiger partial charge in [0.2, 0.25) is 0 Å². The van der Waals surface area contributed by atoms with E-state index < -0.39 is 0 Å². The van der Waals surface area contributed by atoms with Crippen molar-refractivity contribution < 1.29 is 14.3 Å². The Labute approximate surface area is 163 Å². The number of hydrogen-bond acceptors (Lipinski definition) is 4. The van der Waals surface area contributed by atoms with Gasteiger partial charge < -0.3 is 14.4 Å². The quantitative estimate of drug-likeness (QED) is 0.625. The molecule has 1 amide bonds. The van der Waals surface area contributed by atoms with E-state index in [1.165, 1.54) is 0 Å². The number of benzene rings is 1. The van der Waals surface area contributed by atoms with Crippen molar-refractivity contribution in [2.45, 2.75) is 18.3 Å². The molecule has 1 aromatic carbocycles. The number of alkyl halides is 1. The Hall–Kier alpha value is -1.60. The second-order valence-corrected chi connectivity index (χ2v) is 7.15. The summed E-state index contributed by atoms with van der Waals surface area (Å²) in [7, 11) is 1.62. The fourth-order valence-corrected chi connectivity index (χ4v) is 3.79. The minimum absolute atomic E-state index is 0.0619.